The lowest BCUT2D eigenvalue weighted by Gasteiger charge is -2.28. The molecule has 5 unspecified atom stereocenters. The van der Waals surface area contributed by atoms with Gasteiger partial charge in [-0.05, 0) is 30.2 Å². The Morgan fingerprint density at radius 2 is 1.47 bits per heavy atom. The molecular weight excluding hydrogens is 466 g/mol. The van der Waals surface area contributed by atoms with Crippen molar-refractivity contribution in [3.05, 3.63) is 35.9 Å². The van der Waals surface area contributed by atoms with Crippen molar-refractivity contribution >= 4 is 29.6 Å². The van der Waals surface area contributed by atoms with Gasteiger partial charge in [0.2, 0.25) is 23.6 Å². The molecule has 0 aliphatic carbocycles. The summed E-state index contributed by atoms with van der Waals surface area (Å²) < 4.78 is 0. The standard InChI is InChI=1S/C25H39N5O6/c1-5-15(4)21(25(35)36)30-24(34)20(14(2)3)29-23(33)18(11-12-19(27)31)28-22(32)17(26)13-16-9-7-6-8-10-16/h6-10,14-15,17-18,20-21H,5,11-13,26H2,1-4H3,(H2,27,31)(H,28,32)(H,29,33)(H,30,34)(H,35,36). The van der Waals surface area contributed by atoms with Crippen LogP contribution >= 0.6 is 0 Å². The summed E-state index contributed by atoms with van der Waals surface area (Å²) >= 11 is 0. The third-order valence-corrected chi connectivity index (χ3v) is 5.97. The lowest BCUT2D eigenvalue weighted by molar-refractivity contribution is -0.144. The van der Waals surface area contributed by atoms with Crippen LogP contribution in [0.1, 0.15) is 52.5 Å². The smallest absolute Gasteiger partial charge is 0.326 e. The quantitative estimate of drug-likeness (QED) is 0.194. The maximum absolute atomic E-state index is 13.1. The van der Waals surface area contributed by atoms with Crippen molar-refractivity contribution in [2.24, 2.45) is 23.3 Å². The van der Waals surface area contributed by atoms with Crippen LogP contribution < -0.4 is 27.4 Å². The highest BCUT2D eigenvalue weighted by molar-refractivity contribution is 5.94. The van der Waals surface area contributed by atoms with Gasteiger partial charge in [-0.3, -0.25) is 19.2 Å². The van der Waals surface area contributed by atoms with Crippen molar-refractivity contribution in [2.75, 3.05) is 0 Å². The number of carboxylic acids is 1. The number of hydrogen-bond donors (Lipinski definition) is 6. The molecule has 0 heterocycles. The fourth-order valence-corrected chi connectivity index (χ4v) is 3.51. The SMILES string of the molecule is CCC(C)C(NC(=O)C(NC(=O)C(CCC(N)=O)NC(=O)C(N)Cc1ccccc1)C(C)C)C(=O)O. The summed E-state index contributed by atoms with van der Waals surface area (Å²) in [6, 6.07) is 4.78. The number of rotatable bonds is 15. The van der Waals surface area contributed by atoms with E-state index in [4.69, 9.17) is 11.5 Å². The zero-order chi connectivity index (χ0) is 27.4. The molecule has 0 aliphatic heterocycles. The van der Waals surface area contributed by atoms with Gasteiger partial charge in [-0.1, -0.05) is 64.4 Å². The fourth-order valence-electron chi connectivity index (χ4n) is 3.51. The second kappa shape index (κ2) is 14.8. The number of aliphatic carboxylic acids is 1. The van der Waals surface area contributed by atoms with Crippen molar-refractivity contribution in [3.8, 4) is 0 Å². The summed E-state index contributed by atoms with van der Waals surface area (Å²) in [5.41, 5.74) is 12.1. The lowest BCUT2D eigenvalue weighted by atomic mass is 9.97. The average molecular weight is 506 g/mol. The first-order valence-corrected chi connectivity index (χ1v) is 12.1. The van der Waals surface area contributed by atoms with Gasteiger partial charge in [0.25, 0.3) is 0 Å². The summed E-state index contributed by atoms with van der Waals surface area (Å²) in [5, 5.41) is 17.1. The number of benzene rings is 1. The predicted octanol–water partition coefficient (Wildman–Crippen LogP) is 0.0630. The summed E-state index contributed by atoms with van der Waals surface area (Å²) in [6.45, 7) is 6.89. The topological polar surface area (TPSA) is 194 Å². The van der Waals surface area contributed by atoms with E-state index in [9.17, 15) is 29.1 Å². The van der Waals surface area contributed by atoms with E-state index in [1.807, 2.05) is 37.3 Å². The Kier molecular flexibility index (Phi) is 12.6. The largest absolute Gasteiger partial charge is 0.480 e. The molecule has 1 aromatic rings. The average Bonchev–Trinajstić information content (AvgIpc) is 2.82. The number of nitrogens with one attached hydrogen (secondary N) is 3. The fraction of sp³-hybridized carbons (Fsp3) is 0.560. The van der Waals surface area contributed by atoms with Crippen molar-refractivity contribution in [1.29, 1.82) is 0 Å². The maximum Gasteiger partial charge on any atom is 0.326 e. The van der Waals surface area contributed by atoms with Gasteiger partial charge >= 0.3 is 5.97 Å². The van der Waals surface area contributed by atoms with Crippen molar-refractivity contribution < 1.29 is 29.1 Å². The van der Waals surface area contributed by atoms with Crippen molar-refractivity contribution in [1.82, 2.24) is 16.0 Å². The first-order valence-electron chi connectivity index (χ1n) is 12.1. The summed E-state index contributed by atoms with van der Waals surface area (Å²) in [5.74, 6) is -4.53. The molecule has 0 aromatic heterocycles. The van der Waals surface area contributed by atoms with Gasteiger partial charge in [-0.15, -0.1) is 0 Å². The van der Waals surface area contributed by atoms with E-state index in [2.05, 4.69) is 16.0 Å². The molecule has 4 amide bonds. The molecule has 200 valence electrons. The van der Waals surface area contributed by atoms with E-state index < -0.39 is 59.7 Å². The molecule has 11 heteroatoms. The molecule has 0 radical (unpaired) electrons. The predicted molar refractivity (Wildman–Crippen MR) is 134 cm³/mol. The van der Waals surface area contributed by atoms with Crippen LogP contribution in [0.25, 0.3) is 0 Å². The van der Waals surface area contributed by atoms with E-state index >= 15 is 0 Å². The Balaban J connectivity index is 2.98. The number of carbonyl (C=O) groups excluding carboxylic acids is 4. The van der Waals surface area contributed by atoms with Crippen LogP contribution in [0.2, 0.25) is 0 Å². The van der Waals surface area contributed by atoms with Crippen LogP contribution in [0.3, 0.4) is 0 Å². The molecule has 0 fully saturated rings. The Morgan fingerprint density at radius 1 is 0.889 bits per heavy atom. The Hall–Kier alpha value is -3.47. The summed E-state index contributed by atoms with van der Waals surface area (Å²) in [7, 11) is 0. The highest BCUT2D eigenvalue weighted by Gasteiger charge is 2.33. The number of amides is 4. The van der Waals surface area contributed by atoms with Crippen LogP contribution in [0, 0.1) is 11.8 Å². The number of nitrogens with two attached hydrogens (primary N) is 2. The summed E-state index contributed by atoms with van der Waals surface area (Å²) in [6.07, 6.45) is 0.489. The number of carbonyl (C=O) groups is 5. The van der Waals surface area contributed by atoms with Gasteiger partial charge in [0, 0.05) is 6.42 Å². The number of hydrogen-bond acceptors (Lipinski definition) is 6. The number of carboxylic acid groups (broad SMARTS) is 1. The third-order valence-electron chi connectivity index (χ3n) is 5.97. The Morgan fingerprint density at radius 3 is 1.97 bits per heavy atom. The minimum absolute atomic E-state index is 0.0952. The van der Waals surface area contributed by atoms with Crippen LogP contribution in [-0.2, 0) is 30.4 Å². The highest BCUT2D eigenvalue weighted by atomic mass is 16.4. The molecule has 5 atom stereocenters. The Labute approximate surface area is 211 Å². The second-order valence-electron chi connectivity index (χ2n) is 9.30. The van der Waals surface area contributed by atoms with Crippen molar-refractivity contribution in [3.63, 3.8) is 0 Å². The zero-order valence-electron chi connectivity index (χ0n) is 21.3. The van der Waals surface area contributed by atoms with Gasteiger partial charge < -0.3 is 32.5 Å². The zero-order valence-corrected chi connectivity index (χ0v) is 21.3. The Bertz CT molecular complexity index is 907. The molecule has 0 saturated heterocycles. The molecule has 11 nitrogen and oxygen atoms in total. The van der Waals surface area contributed by atoms with E-state index in [1.54, 1.807) is 20.8 Å². The maximum atomic E-state index is 13.1. The van der Waals surface area contributed by atoms with E-state index in [-0.39, 0.29) is 25.2 Å². The molecule has 8 N–H and O–H groups in total. The van der Waals surface area contributed by atoms with Gasteiger partial charge in [-0.2, -0.15) is 0 Å². The first-order chi connectivity index (χ1) is 16.9. The second-order valence-corrected chi connectivity index (χ2v) is 9.30. The minimum Gasteiger partial charge on any atom is -0.480 e. The van der Waals surface area contributed by atoms with E-state index in [0.29, 0.717) is 6.42 Å². The van der Waals surface area contributed by atoms with Crippen molar-refractivity contribution in [2.45, 2.75) is 77.5 Å². The minimum atomic E-state index is -1.18. The van der Waals surface area contributed by atoms with E-state index in [1.165, 1.54) is 0 Å². The number of primary amides is 1. The van der Waals surface area contributed by atoms with Crippen LogP contribution in [0.4, 0.5) is 0 Å². The van der Waals surface area contributed by atoms with Gasteiger partial charge in [0.1, 0.15) is 18.1 Å². The van der Waals surface area contributed by atoms with Crippen LogP contribution in [0.15, 0.2) is 30.3 Å². The van der Waals surface area contributed by atoms with Gasteiger partial charge in [0.05, 0.1) is 6.04 Å². The van der Waals surface area contributed by atoms with Gasteiger partial charge in [-0.25, -0.2) is 4.79 Å². The molecule has 36 heavy (non-hydrogen) atoms. The van der Waals surface area contributed by atoms with Crippen LogP contribution in [-0.4, -0.2) is 58.9 Å². The third kappa shape index (κ3) is 10.0. The molecule has 0 aliphatic rings. The first kappa shape index (κ1) is 30.6. The highest BCUT2D eigenvalue weighted by Crippen LogP contribution is 2.11. The van der Waals surface area contributed by atoms with E-state index in [0.717, 1.165) is 5.56 Å². The van der Waals surface area contributed by atoms with Crippen LogP contribution in [0.5, 0.6) is 0 Å². The molecule has 0 spiro atoms. The lowest BCUT2D eigenvalue weighted by Crippen LogP contribution is -2.59. The molecule has 0 saturated carbocycles. The molecular formula is C25H39N5O6. The molecule has 1 aromatic carbocycles. The van der Waals surface area contributed by atoms with Gasteiger partial charge in [0.15, 0.2) is 0 Å². The molecule has 0 bridgehead atoms. The normalized spacial score (nSPS) is 15.2. The monoisotopic (exact) mass is 505 g/mol. The molecule has 1 rings (SSSR count). The summed E-state index contributed by atoms with van der Waals surface area (Å²) in [4.78, 5) is 61.7.